The minimum atomic E-state index is -3.56. The molecule has 2 aromatic heterocycles. The Balaban J connectivity index is 2.03. The van der Waals surface area contributed by atoms with Gasteiger partial charge in [-0.3, -0.25) is 9.36 Å². The van der Waals surface area contributed by atoms with Gasteiger partial charge in [-0.2, -0.15) is 10.2 Å². The van der Waals surface area contributed by atoms with Gasteiger partial charge >= 0.3 is 0 Å². The zero-order valence-electron chi connectivity index (χ0n) is 11.2. The molecule has 8 nitrogen and oxygen atoms in total. The van der Waals surface area contributed by atoms with Gasteiger partial charge in [0, 0.05) is 26.0 Å². The quantitative estimate of drug-likeness (QED) is 0.712. The van der Waals surface area contributed by atoms with Crippen LogP contribution in [-0.2, 0) is 30.2 Å². The van der Waals surface area contributed by atoms with Gasteiger partial charge in [-0.15, -0.1) is 0 Å². The molecule has 0 atom stereocenters. The summed E-state index contributed by atoms with van der Waals surface area (Å²) in [4.78, 5) is 0.150. The maximum Gasteiger partial charge on any atom is 0.244 e. The summed E-state index contributed by atoms with van der Waals surface area (Å²) < 4.78 is 29.9. The standard InChI is InChI=1S/C11H18N6O2S/c1-16-10(3-5-13-16)7-15-20(18,19)11-8-14-17(9-11)6-2-4-12/h3,5,8-9,15H,2,4,6-7,12H2,1H3. The number of aryl methyl sites for hydroxylation is 2. The van der Waals surface area contributed by atoms with E-state index in [2.05, 4.69) is 14.9 Å². The fraction of sp³-hybridized carbons (Fsp3) is 0.455. The second-order valence-electron chi connectivity index (χ2n) is 4.35. The molecule has 0 bridgehead atoms. The molecule has 2 rings (SSSR count). The zero-order valence-corrected chi connectivity index (χ0v) is 12.0. The third kappa shape index (κ3) is 3.44. The Morgan fingerprint density at radius 3 is 2.85 bits per heavy atom. The van der Waals surface area contributed by atoms with Crippen LogP contribution in [0.5, 0.6) is 0 Å². The van der Waals surface area contributed by atoms with E-state index in [4.69, 9.17) is 5.73 Å². The third-order valence-electron chi connectivity index (χ3n) is 2.88. The first-order chi connectivity index (χ1) is 9.53. The van der Waals surface area contributed by atoms with Gasteiger partial charge in [-0.1, -0.05) is 0 Å². The molecule has 0 radical (unpaired) electrons. The molecule has 0 aliphatic heterocycles. The van der Waals surface area contributed by atoms with E-state index in [1.54, 1.807) is 28.7 Å². The van der Waals surface area contributed by atoms with Gasteiger partial charge in [0.2, 0.25) is 10.0 Å². The number of hydrogen-bond donors (Lipinski definition) is 2. The summed E-state index contributed by atoms with van der Waals surface area (Å²) in [6.45, 7) is 1.33. The van der Waals surface area contributed by atoms with Gasteiger partial charge in [0.1, 0.15) is 4.90 Å². The largest absolute Gasteiger partial charge is 0.330 e. The van der Waals surface area contributed by atoms with Crippen molar-refractivity contribution in [2.45, 2.75) is 24.4 Å². The van der Waals surface area contributed by atoms with Crippen LogP contribution in [0.4, 0.5) is 0 Å². The third-order valence-corrected chi connectivity index (χ3v) is 4.23. The second kappa shape index (κ2) is 6.16. The maximum atomic E-state index is 12.1. The Bertz CT molecular complexity index is 660. The van der Waals surface area contributed by atoms with Crippen LogP contribution in [0.3, 0.4) is 0 Å². The van der Waals surface area contributed by atoms with Crippen molar-refractivity contribution in [3.8, 4) is 0 Å². The van der Waals surface area contributed by atoms with Crippen molar-refractivity contribution in [3.05, 3.63) is 30.4 Å². The summed E-state index contributed by atoms with van der Waals surface area (Å²) in [6.07, 6.45) is 5.21. The Morgan fingerprint density at radius 1 is 1.40 bits per heavy atom. The summed E-state index contributed by atoms with van der Waals surface area (Å²) in [7, 11) is -1.80. The number of hydrogen-bond acceptors (Lipinski definition) is 5. The molecule has 20 heavy (non-hydrogen) atoms. The maximum absolute atomic E-state index is 12.1. The van der Waals surface area contributed by atoms with E-state index in [0.717, 1.165) is 12.1 Å². The van der Waals surface area contributed by atoms with E-state index in [0.29, 0.717) is 13.1 Å². The Morgan fingerprint density at radius 2 is 2.20 bits per heavy atom. The summed E-state index contributed by atoms with van der Waals surface area (Å²) in [6, 6.07) is 1.76. The van der Waals surface area contributed by atoms with Crippen LogP contribution in [0.25, 0.3) is 0 Å². The molecule has 110 valence electrons. The van der Waals surface area contributed by atoms with Gasteiger partial charge in [0.15, 0.2) is 0 Å². The van der Waals surface area contributed by atoms with Crippen LogP contribution in [0.15, 0.2) is 29.6 Å². The lowest BCUT2D eigenvalue weighted by Crippen LogP contribution is -2.24. The second-order valence-corrected chi connectivity index (χ2v) is 6.12. The Labute approximate surface area is 117 Å². The predicted octanol–water partition coefficient (Wildman–Crippen LogP) is -0.556. The van der Waals surface area contributed by atoms with Crippen molar-refractivity contribution in [2.24, 2.45) is 12.8 Å². The number of nitrogens with one attached hydrogen (secondary N) is 1. The highest BCUT2D eigenvalue weighted by atomic mass is 32.2. The molecule has 0 aliphatic rings. The molecular weight excluding hydrogens is 280 g/mol. The van der Waals surface area contributed by atoms with Crippen molar-refractivity contribution in [1.82, 2.24) is 24.3 Å². The topological polar surface area (TPSA) is 108 Å². The van der Waals surface area contributed by atoms with Crippen LogP contribution in [0, 0.1) is 0 Å². The van der Waals surface area contributed by atoms with Crippen LogP contribution < -0.4 is 10.5 Å². The van der Waals surface area contributed by atoms with E-state index >= 15 is 0 Å². The summed E-state index contributed by atoms with van der Waals surface area (Å²) >= 11 is 0. The Hall–Kier alpha value is -1.71. The van der Waals surface area contributed by atoms with Crippen molar-refractivity contribution >= 4 is 10.0 Å². The average molecular weight is 298 g/mol. The summed E-state index contributed by atoms with van der Waals surface area (Å²) in [5.41, 5.74) is 6.19. The average Bonchev–Trinajstić information content (AvgIpc) is 3.03. The van der Waals surface area contributed by atoms with E-state index in [-0.39, 0.29) is 11.4 Å². The first-order valence-corrected chi connectivity index (χ1v) is 7.70. The molecule has 0 saturated carbocycles. The molecule has 0 aliphatic carbocycles. The first kappa shape index (κ1) is 14.7. The molecule has 0 amide bonds. The number of rotatable bonds is 7. The highest BCUT2D eigenvalue weighted by Crippen LogP contribution is 2.08. The lowest BCUT2D eigenvalue weighted by molar-refractivity contribution is 0.573. The minimum absolute atomic E-state index is 0.150. The fourth-order valence-electron chi connectivity index (χ4n) is 1.69. The summed E-state index contributed by atoms with van der Waals surface area (Å²) in [5.74, 6) is 0. The lowest BCUT2D eigenvalue weighted by Gasteiger charge is -2.05. The number of nitrogens with two attached hydrogens (primary N) is 1. The van der Waals surface area contributed by atoms with Crippen LogP contribution in [0.1, 0.15) is 12.1 Å². The smallest absolute Gasteiger partial charge is 0.244 e. The molecular formula is C11H18N6O2S. The van der Waals surface area contributed by atoms with Crippen molar-refractivity contribution in [1.29, 1.82) is 0 Å². The predicted molar refractivity (Wildman–Crippen MR) is 73.1 cm³/mol. The van der Waals surface area contributed by atoms with Gasteiger partial charge in [-0.25, -0.2) is 13.1 Å². The number of sulfonamides is 1. The van der Waals surface area contributed by atoms with Gasteiger partial charge in [0.05, 0.1) is 18.4 Å². The van der Waals surface area contributed by atoms with Crippen LogP contribution in [0.2, 0.25) is 0 Å². The summed E-state index contributed by atoms with van der Waals surface area (Å²) in [5, 5.41) is 7.99. The minimum Gasteiger partial charge on any atom is -0.330 e. The molecule has 0 saturated heterocycles. The SMILES string of the molecule is Cn1nccc1CNS(=O)(=O)c1cnn(CCCN)c1. The number of aromatic nitrogens is 4. The lowest BCUT2D eigenvalue weighted by atomic mass is 10.4. The van der Waals surface area contributed by atoms with E-state index in [9.17, 15) is 8.42 Å². The van der Waals surface area contributed by atoms with Crippen molar-refractivity contribution in [2.75, 3.05) is 6.54 Å². The molecule has 9 heteroatoms. The molecule has 0 unspecified atom stereocenters. The highest BCUT2D eigenvalue weighted by molar-refractivity contribution is 7.89. The van der Waals surface area contributed by atoms with Gasteiger partial charge in [-0.05, 0) is 19.0 Å². The van der Waals surface area contributed by atoms with Crippen LogP contribution in [-0.4, -0.2) is 34.5 Å². The number of nitrogens with zero attached hydrogens (tertiary/aromatic N) is 4. The zero-order chi connectivity index (χ0) is 14.6. The Kier molecular flexibility index (Phi) is 4.53. The molecule has 0 fully saturated rings. The molecule has 2 heterocycles. The van der Waals surface area contributed by atoms with E-state index in [1.165, 1.54) is 12.4 Å². The molecule has 2 aromatic rings. The van der Waals surface area contributed by atoms with Gasteiger partial charge in [0.25, 0.3) is 0 Å². The van der Waals surface area contributed by atoms with Crippen molar-refractivity contribution in [3.63, 3.8) is 0 Å². The first-order valence-electron chi connectivity index (χ1n) is 6.22. The molecule has 0 aromatic carbocycles. The fourth-order valence-corrected chi connectivity index (χ4v) is 2.64. The highest BCUT2D eigenvalue weighted by Gasteiger charge is 2.16. The van der Waals surface area contributed by atoms with E-state index in [1.807, 2.05) is 0 Å². The van der Waals surface area contributed by atoms with E-state index < -0.39 is 10.0 Å². The van der Waals surface area contributed by atoms with Crippen molar-refractivity contribution < 1.29 is 8.42 Å². The molecule has 3 N–H and O–H groups in total. The normalized spacial score (nSPS) is 11.9. The van der Waals surface area contributed by atoms with Gasteiger partial charge < -0.3 is 5.73 Å². The van der Waals surface area contributed by atoms with Crippen LogP contribution >= 0.6 is 0 Å². The monoisotopic (exact) mass is 298 g/mol. The molecule has 0 spiro atoms.